The van der Waals surface area contributed by atoms with Crippen LogP contribution in [0.4, 0.5) is 21.6 Å². The number of benzene rings is 1. The highest BCUT2D eigenvalue weighted by Gasteiger charge is 2.22. The van der Waals surface area contributed by atoms with Gasteiger partial charge in [-0.05, 0) is 30.9 Å². The minimum atomic E-state index is -0.611. The number of carbonyl (C=O) groups is 1. The molecule has 4 rings (SSSR count). The first kappa shape index (κ1) is 18.3. The van der Waals surface area contributed by atoms with Crippen molar-refractivity contribution in [3.05, 3.63) is 40.2 Å². The van der Waals surface area contributed by atoms with Crippen molar-refractivity contribution in [2.24, 2.45) is 5.92 Å². The Morgan fingerprint density at radius 3 is 3.00 bits per heavy atom. The van der Waals surface area contributed by atoms with Crippen LogP contribution in [0.2, 0.25) is 5.02 Å². The van der Waals surface area contributed by atoms with E-state index in [1.807, 2.05) is 0 Å². The van der Waals surface area contributed by atoms with E-state index in [-0.39, 0.29) is 10.7 Å². The normalized spacial score (nSPS) is 13.7. The first-order chi connectivity index (χ1) is 13.0. The van der Waals surface area contributed by atoms with Gasteiger partial charge in [0.25, 0.3) is 5.91 Å². The molecule has 1 aliphatic rings. The molecule has 27 heavy (non-hydrogen) atoms. The predicted molar refractivity (Wildman–Crippen MR) is 110 cm³/mol. The second-order valence-corrected chi connectivity index (χ2v) is 8.26. The van der Waals surface area contributed by atoms with Gasteiger partial charge in [-0.2, -0.15) is 0 Å². The van der Waals surface area contributed by atoms with E-state index in [1.54, 1.807) is 11.4 Å². The van der Waals surface area contributed by atoms with Crippen LogP contribution in [0, 0.1) is 11.7 Å². The maximum Gasteiger partial charge on any atom is 0.258 e. The van der Waals surface area contributed by atoms with E-state index in [1.165, 1.54) is 48.5 Å². The molecular formula is C17H15ClFN5OS2. The second kappa shape index (κ2) is 7.49. The molecule has 2 aromatic heterocycles. The van der Waals surface area contributed by atoms with Crippen LogP contribution in [0.5, 0.6) is 0 Å². The standard InChI is InChI=1S/C17H15ClFN5OS2/c18-12-11(24-27-5-8-1-2-8)4-3-10(19)14(12)23-17(25)9-6-26-15-13(9)21-7-22-16(15)20/h3-4,6-8,24H,1-2,5H2,(H,23,25)(H2,20,21,22). The minimum absolute atomic E-state index is 0.0694. The molecule has 0 atom stereocenters. The number of rotatable bonds is 6. The number of hydrogen-bond acceptors (Lipinski definition) is 7. The Balaban J connectivity index is 1.57. The summed E-state index contributed by atoms with van der Waals surface area (Å²) in [6.07, 6.45) is 3.78. The van der Waals surface area contributed by atoms with E-state index < -0.39 is 11.7 Å². The van der Waals surface area contributed by atoms with Gasteiger partial charge in [0.1, 0.15) is 18.0 Å². The fraction of sp³-hybridized carbons (Fsp3) is 0.235. The molecule has 1 saturated carbocycles. The van der Waals surface area contributed by atoms with Gasteiger partial charge in [-0.25, -0.2) is 14.4 Å². The highest BCUT2D eigenvalue weighted by Crippen LogP contribution is 2.37. The zero-order valence-corrected chi connectivity index (χ0v) is 16.3. The third kappa shape index (κ3) is 3.80. The summed E-state index contributed by atoms with van der Waals surface area (Å²) in [6, 6.07) is 2.83. The van der Waals surface area contributed by atoms with Gasteiger partial charge in [-0.3, -0.25) is 4.79 Å². The zero-order valence-electron chi connectivity index (χ0n) is 14.0. The van der Waals surface area contributed by atoms with Crippen LogP contribution < -0.4 is 15.8 Å². The van der Waals surface area contributed by atoms with E-state index in [0.717, 1.165) is 11.7 Å². The number of aromatic nitrogens is 2. The smallest absolute Gasteiger partial charge is 0.258 e. The van der Waals surface area contributed by atoms with Gasteiger partial charge >= 0.3 is 0 Å². The Morgan fingerprint density at radius 1 is 1.41 bits per heavy atom. The quantitative estimate of drug-likeness (QED) is 0.493. The third-order valence-corrected chi connectivity index (χ3v) is 6.54. The molecule has 6 nitrogen and oxygen atoms in total. The number of nitrogens with one attached hydrogen (secondary N) is 2. The number of nitrogen functional groups attached to an aromatic ring is 1. The summed E-state index contributed by atoms with van der Waals surface area (Å²) in [4.78, 5) is 20.7. The molecule has 10 heteroatoms. The van der Waals surface area contributed by atoms with Crippen molar-refractivity contribution in [3.8, 4) is 0 Å². The van der Waals surface area contributed by atoms with Gasteiger partial charge in [0.2, 0.25) is 0 Å². The molecule has 4 N–H and O–H groups in total. The van der Waals surface area contributed by atoms with Crippen molar-refractivity contribution in [3.63, 3.8) is 0 Å². The fourth-order valence-corrected chi connectivity index (χ4v) is 4.66. The van der Waals surface area contributed by atoms with E-state index >= 15 is 0 Å². The van der Waals surface area contributed by atoms with Crippen LogP contribution in [0.15, 0.2) is 23.8 Å². The predicted octanol–water partition coefficient (Wildman–Crippen LogP) is 4.79. The lowest BCUT2D eigenvalue weighted by molar-refractivity contribution is 0.102. The Morgan fingerprint density at radius 2 is 2.22 bits per heavy atom. The fourth-order valence-electron chi connectivity index (χ4n) is 2.48. The average Bonchev–Trinajstić information content (AvgIpc) is 3.36. The summed E-state index contributed by atoms with van der Waals surface area (Å²) in [6.45, 7) is 0. The van der Waals surface area contributed by atoms with Gasteiger partial charge in [-0.1, -0.05) is 23.5 Å². The summed E-state index contributed by atoms with van der Waals surface area (Å²) < 4.78 is 18.0. The lowest BCUT2D eigenvalue weighted by Gasteiger charge is -2.13. The molecule has 0 aliphatic heterocycles. The number of thiophene rings is 1. The maximum atomic E-state index is 14.3. The second-order valence-electron chi connectivity index (χ2n) is 6.18. The van der Waals surface area contributed by atoms with Gasteiger partial charge in [0.05, 0.1) is 32.2 Å². The molecule has 1 aromatic carbocycles. The lowest BCUT2D eigenvalue weighted by atomic mass is 10.2. The van der Waals surface area contributed by atoms with E-state index in [2.05, 4.69) is 20.0 Å². The molecule has 0 radical (unpaired) electrons. The largest absolute Gasteiger partial charge is 0.382 e. The average molecular weight is 424 g/mol. The molecule has 0 bridgehead atoms. The van der Waals surface area contributed by atoms with Gasteiger partial charge < -0.3 is 15.8 Å². The monoisotopic (exact) mass is 423 g/mol. The first-order valence-electron chi connectivity index (χ1n) is 8.19. The van der Waals surface area contributed by atoms with Crippen molar-refractivity contribution < 1.29 is 9.18 Å². The highest BCUT2D eigenvalue weighted by atomic mass is 35.5. The molecule has 0 unspecified atom stereocenters. The van der Waals surface area contributed by atoms with Crippen molar-refractivity contribution >= 4 is 68.2 Å². The van der Waals surface area contributed by atoms with Crippen LogP contribution in [0.3, 0.4) is 0 Å². The summed E-state index contributed by atoms with van der Waals surface area (Å²) in [7, 11) is 0. The number of amides is 1. The van der Waals surface area contributed by atoms with E-state index in [4.69, 9.17) is 17.3 Å². The molecular weight excluding hydrogens is 409 g/mol. The molecule has 140 valence electrons. The summed E-state index contributed by atoms with van der Waals surface area (Å²) in [5.74, 6) is 0.884. The van der Waals surface area contributed by atoms with Crippen LogP contribution >= 0.6 is 34.9 Å². The van der Waals surface area contributed by atoms with Crippen molar-refractivity contribution in [2.45, 2.75) is 12.8 Å². The SMILES string of the molecule is Nc1ncnc2c(C(=O)Nc3c(F)ccc(NSCC4CC4)c3Cl)csc12. The summed E-state index contributed by atoms with van der Waals surface area (Å²) in [5.41, 5.74) is 7.00. The molecule has 1 aliphatic carbocycles. The number of halogens is 2. The van der Waals surface area contributed by atoms with Gasteiger partial charge in [-0.15, -0.1) is 11.3 Å². The van der Waals surface area contributed by atoms with E-state index in [9.17, 15) is 9.18 Å². The van der Waals surface area contributed by atoms with Crippen molar-refractivity contribution in [1.82, 2.24) is 9.97 Å². The number of nitrogens with zero attached hydrogens (tertiary/aromatic N) is 2. The van der Waals surface area contributed by atoms with Crippen LogP contribution in [-0.2, 0) is 0 Å². The third-order valence-electron chi connectivity index (χ3n) is 4.15. The Hall–Kier alpha value is -2.10. The number of anilines is 3. The van der Waals surface area contributed by atoms with Crippen molar-refractivity contribution in [2.75, 3.05) is 21.5 Å². The minimum Gasteiger partial charge on any atom is -0.382 e. The molecule has 2 heterocycles. The molecule has 3 aromatic rings. The number of nitrogens with two attached hydrogens (primary N) is 1. The Kier molecular flexibility index (Phi) is 5.07. The van der Waals surface area contributed by atoms with Crippen LogP contribution in [0.1, 0.15) is 23.2 Å². The summed E-state index contributed by atoms with van der Waals surface area (Å²) >= 11 is 9.10. The Labute approximate surface area is 167 Å². The van der Waals surface area contributed by atoms with Crippen LogP contribution in [-0.4, -0.2) is 21.6 Å². The number of hydrogen-bond donors (Lipinski definition) is 3. The van der Waals surface area contributed by atoms with Crippen molar-refractivity contribution in [1.29, 1.82) is 0 Å². The zero-order chi connectivity index (χ0) is 19.0. The molecule has 0 spiro atoms. The number of fused-ring (bicyclic) bond motifs is 1. The molecule has 1 amide bonds. The van der Waals surface area contributed by atoms with Crippen LogP contribution in [0.25, 0.3) is 10.2 Å². The summed E-state index contributed by atoms with van der Waals surface area (Å²) in [5, 5.41) is 4.30. The van der Waals surface area contributed by atoms with Gasteiger partial charge in [0, 0.05) is 11.1 Å². The van der Waals surface area contributed by atoms with E-state index in [0.29, 0.717) is 27.3 Å². The highest BCUT2D eigenvalue weighted by molar-refractivity contribution is 8.00. The maximum absolute atomic E-state index is 14.3. The molecule has 0 saturated heterocycles. The topological polar surface area (TPSA) is 92.9 Å². The number of carbonyl (C=O) groups excluding carboxylic acids is 1. The molecule has 1 fully saturated rings. The lowest BCUT2D eigenvalue weighted by Crippen LogP contribution is -2.13. The first-order valence-corrected chi connectivity index (χ1v) is 10.4. The Bertz CT molecular complexity index is 1020. The van der Waals surface area contributed by atoms with Gasteiger partial charge in [0.15, 0.2) is 0 Å².